The van der Waals surface area contributed by atoms with Crippen LogP contribution in [0.3, 0.4) is 0 Å². The van der Waals surface area contributed by atoms with Gasteiger partial charge in [-0.25, -0.2) is 0 Å². The quantitative estimate of drug-likeness (QED) is 0.431. The molecule has 0 radical (unpaired) electrons. The lowest BCUT2D eigenvalue weighted by atomic mass is 10.2. The molecule has 0 rings (SSSR count). The van der Waals surface area contributed by atoms with Gasteiger partial charge in [-0.15, -0.1) is 0 Å². The lowest BCUT2D eigenvalue weighted by Crippen LogP contribution is -2.40. The largest absolute Gasteiger partial charge is 0.480 e. The first-order chi connectivity index (χ1) is 7.61. The summed E-state index contributed by atoms with van der Waals surface area (Å²) in [6.07, 6.45) is 0.840. The molecule has 2 N–H and O–H groups in total. The molecule has 0 aromatic carbocycles. The third-order valence-corrected chi connectivity index (χ3v) is 1.89. The number of methoxy groups -OCH3 is 1. The first kappa shape index (κ1) is 14.9. The second kappa shape index (κ2) is 9.11. The van der Waals surface area contributed by atoms with E-state index in [1.54, 1.807) is 6.92 Å². The first-order valence-electron chi connectivity index (χ1n) is 5.22. The van der Waals surface area contributed by atoms with Gasteiger partial charge in [0.1, 0.15) is 6.04 Å². The van der Waals surface area contributed by atoms with Crippen LogP contribution < -0.4 is 5.32 Å². The Kier molecular flexibility index (Phi) is 8.46. The Morgan fingerprint density at radius 1 is 1.44 bits per heavy atom. The fraction of sp³-hybridized carbons (Fsp3) is 0.800. The van der Waals surface area contributed by atoms with Crippen molar-refractivity contribution in [2.45, 2.75) is 25.8 Å². The zero-order valence-corrected chi connectivity index (χ0v) is 9.69. The average molecular weight is 233 g/mol. The molecule has 1 atom stereocenters. The summed E-state index contributed by atoms with van der Waals surface area (Å²) in [6.45, 7) is 2.66. The standard InChI is InChI=1S/C10H19NO5/c1-3-16-9(12)5-4-6-11-8(7-15-2)10(13)14/h8,11H,3-7H2,1-2H3,(H,13,14). The van der Waals surface area contributed by atoms with Crippen LogP contribution in [0.5, 0.6) is 0 Å². The van der Waals surface area contributed by atoms with Crippen molar-refractivity contribution in [2.75, 3.05) is 26.9 Å². The normalized spacial score (nSPS) is 12.1. The molecule has 1 unspecified atom stereocenters. The third kappa shape index (κ3) is 7.19. The van der Waals surface area contributed by atoms with Gasteiger partial charge in [-0.2, -0.15) is 0 Å². The van der Waals surface area contributed by atoms with Crippen LogP contribution in [-0.2, 0) is 19.1 Å². The summed E-state index contributed by atoms with van der Waals surface area (Å²) in [5.74, 6) is -1.22. The second-order valence-corrected chi connectivity index (χ2v) is 3.21. The molecule has 0 saturated carbocycles. The number of carbonyl (C=O) groups excluding carboxylic acids is 1. The fourth-order valence-corrected chi connectivity index (χ4v) is 1.13. The minimum absolute atomic E-state index is 0.106. The third-order valence-electron chi connectivity index (χ3n) is 1.89. The monoisotopic (exact) mass is 233 g/mol. The Balaban J connectivity index is 3.62. The van der Waals surface area contributed by atoms with Gasteiger partial charge >= 0.3 is 11.9 Å². The highest BCUT2D eigenvalue weighted by molar-refractivity contribution is 5.73. The summed E-state index contributed by atoms with van der Waals surface area (Å²) in [5.41, 5.74) is 0. The van der Waals surface area contributed by atoms with Gasteiger partial charge in [0.25, 0.3) is 0 Å². The highest BCUT2D eigenvalue weighted by atomic mass is 16.5. The number of rotatable bonds is 9. The van der Waals surface area contributed by atoms with Crippen LogP contribution in [0.4, 0.5) is 0 Å². The van der Waals surface area contributed by atoms with Crippen molar-refractivity contribution in [3.8, 4) is 0 Å². The van der Waals surface area contributed by atoms with Crippen molar-refractivity contribution in [3.63, 3.8) is 0 Å². The molecule has 0 heterocycles. The van der Waals surface area contributed by atoms with E-state index in [1.807, 2.05) is 0 Å². The van der Waals surface area contributed by atoms with Crippen molar-refractivity contribution in [1.29, 1.82) is 0 Å². The van der Waals surface area contributed by atoms with Crippen molar-refractivity contribution < 1.29 is 24.2 Å². The molecular formula is C10H19NO5. The van der Waals surface area contributed by atoms with Crippen LogP contribution in [-0.4, -0.2) is 50.0 Å². The van der Waals surface area contributed by atoms with Crippen LogP contribution in [0, 0.1) is 0 Å². The molecule has 0 fully saturated rings. The van der Waals surface area contributed by atoms with Gasteiger partial charge in [0.15, 0.2) is 0 Å². The summed E-state index contributed by atoms with van der Waals surface area (Å²) in [6, 6.07) is -0.729. The van der Waals surface area contributed by atoms with E-state index in [4.69, 9.17) is 14.6 Å². The van der Waals surface area contributed by atoms with E-state index in [-0.39, 0.29) is 12.6 Å². The number of carboxylic acids is 1. The number of nitrogens with one attached hydrogen (secondary N) is 1. The Morgan fingerprint density at radius 2 is 2.12 bits per heavy atom. The van der Waals surface area contributed by atoms with Gasteiger partial charge in [0, 0.05) is 13.5 Å². The molecule has 0 aromatic heterocycles. The molecule has 0 amide bonds. The van der Waals surface area contributed by atoms with E-state index in [1.165, 1.54) is 7.11 Å². The summed E-state index contributed by atoms with van der Waals surface area (Å²) in [5, 5.41) is 11.5. The van der Waals surface area contributed by atoms with Crippen LogP contribution in [0.2, 0.25) is 0 Å². The van der Waals surface area contributed by atoms with E-state index in [2.05, 4.69) is 5.32 Å². The lowest BCUT2D eigenvalue weighted by Gasteiger charge is -2.12. The van der Waals surface area contributed by atoms with Crippen LogP contribution in [0.25, 0.3) is 0 Å². The molecule has 16 heavy (non-hydrogen) atoms. The highest BCUT2D eigenvalue weighted by Gasteiger charge is 2.15. The maximum atomic E-state index is 11.0. The van der Waals surface area contributed by atoms with E-state index in [0.29, 0.717) is 26.0 Å². The summed E-state index contributed by atoms with van der Waals surface area (Å²) in [4.78, 5) is 21.6. The SMILES string of the molecule is CCOC(=O)CCCNC(COC)C(=O)O. The Hall–Kier alpha value is -1.14. The fourth-order valence-electron chi connectivity index (χ4n) is 1.13. The zero-order valence-electron chi connectivity index (χ0n) is 9.69. The van der Waals surface area contributed by atoms with E-state index >= 15 is 0 Å². The van der Waals surface area contributed by atoms with Crippen LogP contribution in [0.15, 0.2) is 0 Å². The number of esters is 1. The number of carboxylic acid groups (broad SMARTS) is 1. The zero-order chi connectivity index (χ0) is 12.4. The molecule has 0 aliphatic rings. The van der Waals surface area contributed by atoms with Gasteiger partial charge in [-0.1, -0.05) is 0 Å². The Morgan fingerprint density at radius 3 is 2.62 bits per heavy atom. The number of aliphatic carboxylic acids is 1. The molecule has 0 spiro atoms. The van der Waals surface area contributed by atoms with Crippen molar-refractivity contribution >= 4 is 11.9 Å². The second-order valence-electron chi connectivity index (χ2n) is 3.21. The number of hydrogen-bond acceptors (Lipinski definition) is 5. The van der Waals surface area contributed by atoms with Gasteiger partial charge in [0.2, 0.25) is 0 Å². The number of carbonyl (C=O) groups is 2. The van der Waals surface area contributed by atoms with Gasteiger partial charge < -0.3 is 19.9 Å². The van der Waals surface area contributed by atoms with Crippen molar-refractivity contribution in [1.82, 2.24) is 5.32 Å². The molecule has 94 valence electrons. The number of ether oxygens (including phenoxy) is 2. The maximum absolute atomic E-state index is 11.0. The van der Waals surface area contributed by atoms with Crippen LogP contribution in [0.1, 0.15) is 19.8 Å². The van der Waals surface area contributed by atoms with Gasteiger partial charge in [-0.05, 0) is 19.9 Å². The topological polar surface area (TPSA) is 84.9 Å². The highest BCUT2D eigenvalue weighted by Crippen LogP contribution is 1.93. The predicted molar refractivity (Wildman–Crippen MR) is 57.2 cm³/mol. The summed E-state index contributed by atoms with van der Waals surface area (Å²) >= 11 is 0. The van der Waals surface area contributed by atoms with E-state index < -0.39 is 12.0 Å². The summed E-state index contributed by atoms with van der Waals surface area (Å²) < 4.78 is 9.48. The molecule has 0 aliphatic carbocycles. The maximum Gasteiger partial charge on any atom is 0.323 e. The Labute approximate surface area is 94.9 Å². The minimum atomic E-state index is -0.960. The molecule has 0 aromatic rings. The van der Waals surface area contributed by atoms with Crippen LogP contribution >= 0.6 is 0 Å². The van der Waals surface area contributed by atoms with Crippen molar-refractivity contribution in [3.05, 3.63) is 0 Å². The minimum Gasteiger partial charge on any atom is -0.480 e. The number of hydrogen-bond donors (Lipinski definition) is 2. The van der Waals surface area contributed by atoms with Gasteiger partial charge in [0.05, 0.1) is 13.2 Å². The molecular weight excluding hydrogens is 214 g/mol. The molecule has 6 nitrogen and oxygen atoms in total. The smallest absolute Gasteiger partial charge is 0.323 e. The molecule has 6 heteroatoms. The summed E-state index contributed by atoms with van der Waals surface area (Å²) in [7, 11) is 1.44. The Bertz CT molecular complexity index is 219. The molecule has 0 aliphatic heterocycles. The first-order valence-corrected chi connectivity index (χ1v) is 5.22. The molecule has 0 bridgehead atoms. The van der Waals surface area contributed by atoms with Gasteiger partial charge in [-0.3, -0.25) is 9.59 Å². The predicted octanol–water partition coefficient (Wildman–Crippen LogP) is 0.0189. The average Bonchev–Trinajstić information content (AvgIpc) is 2.22. The molecule has 0 saturated heterocycles. The van der Waals surface area contributed by atoms with Crippen molar-refractivity contribution in [2.24, 2.45) is 0 Å². The van der Waals surface area contributed by atoms with E-state index in [9.17, 15) is 9.59 Å². The lowest BCUT2D eigenvalue weighted by molar-refractivity contribution is -0.143. The van der Waals surface area contributed by atoms with E-state index in [0.717, 1.165) is 0 Å².